The van der Waals surface area contributed by atoms with Crippen molar-refractivity contribution in [2.45, 2.75) is 39.5 Å². The van der Waals surface area contributed by atoms with Crippen LogP contribution >= 0.6 is 0 Å². The monoisotopic (exact) mass is 213 g/mol. The molecule has 0 N–H and O–H groups in total. The summed E-state index contributed by atoms with van der Waals surface area (Å²) in [5.74, 6) is 0.559. The molecule has 1 nitrogen and oxygen atoms in total. The van der Waals surface area contributed by atoms with Crippen molar-refractivity contribution in [2.24, 2.45) is 0 Å². The summed E-state index contributed by atoms with van der Waals surface area (Å²) in [7, 11) is 0. The molecule has 0 aliphatic heterocycles. The van der Waals surface area contributed by atoms with E-state index in [0.717, 1.165) is 18.4 Å². The van der Waals surface area contributed by atoms with Gasteiger partial charge in [-0.1, -0.05) is 30.7 Å². The van der Waals surface area contributed by atoms with Gasteiger partial charge in [-0.25, -0.2) is 0 Å². The predicted molar refractivity (Wildman–Crippen MR) is 68.2 cm³/mol. The SMILES string of the molecule is CC(C)=CCCC(C)c1ccc(C#N)cc1. The minimum absolute atomic E-state index is 0.559. The molecule has 0 aliphatic carbocycles. The maximum Gasteiger partial charge on any atom is 0.0991 e. The van der Waals surface area contributed by atoms with Crippen LogP contribution in [0.4, 0.5) is 0 Å². The van der Waals surface area contributed by atoms with Gasteiger partial charge in [0.1, 0.15) is 0 Å². The van der Waals surface area contributed by atoms with Crippen LogP contribution in [0.1, 0.15) is 50.7 Å². The van der Waals surface area contributed by atoms with Crippen LogP contribution in [0.5, 0.6) is 0 Å². The van der Waals surface area contributed by atoms with E-state index in [9.17, 15) is 0 Å². The lowest BCUT2D eigenvalue weighted by atomic mass is 9.95. The molecule has 0 aliphatic rings. The minimum atomic E-state index is 0.559. The van der Waals surface area contributed by atoms with E-state index >= 15 is 0 Å². The summed E-state index contributed by atoms with van der Waals surface area (Å²) >= 11 is 0. The molecule has 0 aromatic heterocycles. The fourth-order valence-corrected chi connectivity index (χ4v) is 1.67. The minimum Gasteiger partial charge on any atom is -0.192 e. The molecule has 1 rings (SSSR count). The maximum atomic E-state index is 8.71. The topological polar surface area (TPSA) is 23.8 Å². The molecule has 16 heavy (non-hydrogen) atoms. The average molecular weight is 213 g/mol. The molecule has 1 aromatic rings. The summed E-state index contributed by atoms with van der Waals surface area (Å²) in [6.45, 7) is 6.50. The molecular formula is C15H19N. The Morgan fingerprint density at radius 3 is 2.44 bits per heavy atom. The molecular weight excluding hydrogens is 194 g/mol. The van der Waals surface area contributed by atoms with Crippen molar-refractivity contribution < 1.29 is 0 Å². The Balaban J connectivity index is 2.56. The van der Waals surface area contributed by atoms with Crippen LogP contribution in [0, 0.1) is 11.3 Å². The van der Waals surface area contributed by atoms with E-state index in [1.54, 1.807) is 0 Å². The molecule has 1 heteroatoms. The molecule has 0 saturated carbocycles. The standard InChI is InChI=1S/C15H19N/c1-12(2)5-4-6-13(3)15-9-7-14(11-16)8-10-15/h5,7-10,13H,4,6H2,1-3H3. The number of nitrogens with zero attached hydrogens (tertiary/aromatic N) is 1. The highest BCUT2D eigenvalue weighted by atomic mass is 14.2. The lowest BCUT2D eigenvalue weighted by molar-refractivity contribution is 0.689. The summed E-state index contributed by atoms with van der Waals surface area (Å²) in [5.41, 5.74) is 3.44. The molecule has 1 aromatic carbocycles. The number of allylic oxidation sites excluding steroid dienone is 2. The van der Waals surface area contributed by atoms with Crippen LogP contribution in [-0.2, 0) is 0 Å². The van der Waals surface area contributed by atoms with Crippen molar-refractivity contribution in [3.8, 4) is 6.07 Å². The summed E-state index contributed by atoms with van der Waals surface area (Å²) in [4.78, 5) is 0. The number of hydrogen-bond donors (Lipinski definition) is 0. The second-order valence-corrected chi connectivity index (χ2v) is 4.49. The Bertz CT molecular complexity index is 388. The van der Waals surface area contributed by atoms with Crippen molar-refractivity contribution in [1.29, 1.82) is 5.26 Å². The van der Waals surface area contributed by atoms with E-state index < -0.39 is 0 Å². The van der Waals surface area contributed by atoms with Crippen LogP contribution < -0.4 is 0 Å². The Labute approximate surface area is 98.4 Å². The fraction of sp³-hybridized carbons (Fsp3) is 0.400. The molecule has 0 bridgehead atoms. The zero-order valence-corrected chi connectivity index (χ0v) is 10.3. The molecule has 1 atom stereocenters. The lowest BCUT2D eigenvalue weighted by Crippen LogP contribution is -1.93. The van der Waals surface area contributed by atoms with Crippen LogP contribution in [0.2, 0.25) is 0 Å². The molecule has 0 fully saturated rings. The number of nitriles is 1. The Kier molecular flexibility index (Phi) is 4.79. The van der Waals surface area contributed by atoms with Gasteiger partial charge in [0, 0.05) is 0 Å². The first-order valence-electron chi connectivity index (χ1n) is 5.77. The van der Waals surface area contributed by atoms with Crippen LogP contribution in [0.25, 0.3) is 0 Å². The van der Waals surface area contributed by atoms with Gasteiger partial charge in [0.25, 0.3) is 0 Å². The number of rotatable bonds is 4. The molecule has 84 valence electrons. The first kappa shape index (κ1) is 12.5. The second-order valence-electron chi connectivity index (χ2n) is 4.49. The Morgan fingerprint density at radius 1 is 1.31 bits per heavy atom. The number of benzene rings is 1. The quantitative estimate of drug-likeness (QED) is 0.680. The first-order valence-corrected chi connectivity index (χ1v) is 5.77. The van der Waals surface area contributed by atoms with E-state index in [4.69, 9.17) is 5.26 Å². The Hall–Kier alpha value is -1.55. The normalized spacial score (nSPS) is 11.6. The van der Waals surface area contributed by atoms with Gasteiger partial charge >= 0.3 is 0 Å². The van der Waals surface area contributed by atoms with Crippen molar-refractivity contribution in [3.05, 3.63) is 47.0 Å². The molecule has 0 radical (unpaired) electrons. The maximum absolute atomic E-state index is 8.71. The summed E-state index contributed by atoms with van der Waals surface area (Å²) in [6.07, 6.45) is 4.57. The highest BCUT2D eigenvalue weighted by Gasteiger charge is 2.04. The third-order valence-electron chi connectivity index (χ3n) is 2.76. The zero-order valence-electron chi connectivity index (χ0n) is 10.3. The van der Waals surface area contributed by atoms with E-state index in [-0.39, 0.29) is 0 Å². The zero-order chi connectivity index (χ0) is 12.0. The average Bonchev–Trinajstić information content (AvgIpc) is 2.28. The largest absolute Gasteiger partial charge is 0.192 e. The summed E-state index contributed by atoms with van der Waals surface area (Å²) in [5, 5.41) is 8.71. The van der Waals surface area contributed by atoms with Gasteiger partial charge in [0.15, 0.2) is 0 Å². The smallest absolute Gasteiger partial charge is 0.0991 e. The number of hydrogen-bond acceptors (Lipinski definition) is 1. The predicted octanol–water partition coefficient (Wildman–Crippen LogP) is 4.41. The van der Waals surface area contributed by atoms with E-state index in [0.29, 0.717) is 5.92 Å². The Morgan fingerprint density at radius 2 is 1.94 bits per heavy atom. The van der Waals surface area contributed by atoms with Gasteiger partial charge in [0.2, 0.25) is 0 Å². The van der Waals surface area contributed by atoms with Gasteiger partial charge in [-0.15, -0.1) is 0 Å². The van der Waals surface area contributed by atoms with Crippen LogP contribution in [0.3, 0.4) is 0 Å². The van der Waals surface area contributed by atoms with Crippen LogP contribution in [-0.4, -0.2) is 0 Å². The van der Waals surface area contributed by atoms with Gasteiger partial charge in [-0.2, -0.15) is 5.26 Å². The molecule has 0 spiro atoms. The highest BCUT2D eigenvalue weighted by Crippen LogP contribution is 2.21. The second kappa shape index (κ2) is 6.12. The summed E-state index contributed by atoms with van der Waals surface area (Å²) in [6, 6.07) is 10.1. The van der Waals surface area contributed by atoms with Gasteiger partial charge < -0.3 is 0 Å². The van der Waals surface area contributed by atoms with E-state index in [1.165, 1.54) is 11.1 Å². The molecule has 1 unspecified atom stereocenters. The molecule has 0 heterocycles. The van der Waals surface area contributed by atoms with Crippen molar-refractivity contribution in [3.63, 3.8) is 0 Å². The van der Waals surface area contributed by atoms with Crippen LogP contribution in [0.15, 0.2) is 35.9 Å². The molecule has 0 amide bonds. The first-order chi connectivity index (χ1) is 7.63. The highest BCUT2D eigenvalue weighted by molar-refractivity contribution is 5.32. The van der Waals surface area contributed by atoms with Crippen molar-refractivity contribution in [1.82, 2.24) is 0 Å². The van der Waals surface area contributed by atoms with Gasteiger partial charge in [0.05, 0.1) is 11.6 Å². The van der Waals surface area contributed by atoms with E-state index in [1.807, 2.05) is 12.1 Å². The van der Waals surface area contributed by atoms with Gasteiger partial charge in [-0.05, 0) is 50.3 Å². The van der Waals surface area contributed by atoms with Crippen molar-refractivity contribution in [2.75, 3.05) is 0 Å². The molecule has 0 saturated heterocycles. The van der Waals surface area contributed by atoms with E-state index in [2.05, 4.69) is 45.0 Å². The third kappa shape index (κ3) is 3.90. The lowest BCUT2D eigenvalue weighted by Gasteiger charge is -2.10. The third-order valence-corrected chi connectivity index (χ3v) is 2.76. The fourth-order valence-electron chi connectivity index (χ4n) is 1.67. The summed E-state index contributed by atoms with van der Waals surface area (Å²) < 4.78 is 0. The van der Waals surface area contributed by atoms with Gasteiger partial charge in [-0.3, -0.25) is 0 Å². The van der Waals surface area contributed by atoms with Crippen molar-refractivity contribution >= 4 is 0 Å².